The lowest BCUT2D eigenvalue weighted by Gasteiger charge is -2.11. The molecule has 1 unspecified atom stereocenters. The normalized spacial score (nSPS) is 11.8. The quantitative estimate of drug-likeness (QED) is 0.577. The van der Waals surface area contributed by atoms with E-state index in [-0.39, 0.29) is 5.69 Å². The molecule has 2 rings (SSSR count). The van der Waals surface area contributed by atoms with Crippen LogP contribution in [-0.4, -0.2) is 31.9 Å². The second-order valence-electron chi connectivity index (χ2n) is 5.29. The van der Waals surface area contributed by atoms with Gasteiger partial charge in [0.05, 0.1) is 25.6 Å². The number of amides is 1. The molecule has 2 aromatic carbocycles. The summed E-state index contributed by atoms with van der Waals surface area (Å²) in [5, 5.41) is 6.25. The summed E-state index contributed by atoms with van der Waals surface area (Å²) >= 11 is 0. The van der Waals surface area contributed by atoms with E-state index in [1.54, 1.807) is 37.4 Å². The van der Waals surface area contributed by atoms with Gasteiger partial charge in [-0.2, -0.15) is 0 Å². The Morgan fingerprint density at radius 1 is 1.27 bits per heavy atom. The molecule has 0 spiro atoms. The lowest BCUT2D eigenvalue weighted by molar-refractivity contribution is -0.126. The summed E-state index contributed by atoms with van der Waals surface area (Å²) < 4.78 is 24.2. The minimum atomic E-state index is -0.893. The number of rotatable bonds is 8. The van der Waals surface area contributed by atoms with Gasteiger partial charge >= 0.3 is 0 Å². The first-order valence-corrected chi connectivity index (χ1v) is 8.10. The molecule has 0 aliphatic heterocycles. The predicted octanol–water partition coefficient (Wildman–Crippen LogP) is 3.61. The van der Waals surface area contributed by atoms with Gasteiger partial charge in [0.25, 0.3) is 5.91 Å². The number of anilines is 1. The van der Waals surface area contributed by atoms with Crippen molar-refractivity contribution in [2.24, 2.45) is 5.16 Å². The molecule has 0 heterocycles. The Morgan fingerprint density at radius 3 is 2.73 bits per heavy atom. The van der Waals surface area contributed by atoms with Crippen LogP contribution in [0.1, 0.15) is 19.4 Å². The van der Waals surface area contributed by atoms with Crippen molar-refractivity contribution in [2.45, 2.75) is 20.0 Å². The third kappa shape index (κ3) is 5.20. The van der Waals surface area contributed by atoms with Crippen LogP contribution in [0.25, 0.3) is 0 Å². The van der Waals surface area contributed by atoms with E-state index < -0.39 is 17.8 Å². The van der Waals surface area contributed by atoms with Crippen molar-refractivity contribution in [1.29, 1.82) is 0 Å². The van der Waals surface area contributed by atoms with Gasteiger partial charge in [-0.3, -0.25) is 4.79 Å². The first-order valence-electron chi connectivity index (χ1n) is 8.10. The van der Waals surface area contributed by atoms with Gasteiger partial charge in [-0.1, -0.05) is 17.3 Å². The van der Waals surface area contributed by atoms with Crippen LogP contribution in [-0.2, 0) is 9.63 Å². The zero-order valence-electron chi connectivity index (χ0n) is 14.9. The Bertz CT molecular complexity index is 780. The maximum atomic E-state index is 13.5. The fourth-order valence-corrected chi connectivity index (χ4v) is 2.07. The van der Waals surface area contributed by atoms with Gasteiger partial charge in [-0.15, -0.1) is 0 Å². The summed E-state index contributed by atoms with van der Waals surface area (Å²) in [6.07, 6.45) is 0.556. The van der Waals surface area contributed by atoms with E-state index in [0.29, 0.717) is 23.7 Å². The SMILES string of the molecule is CCOc1ccc(/C=N/OC(C)C(=O)Nc2ccccc2F)cc1OC. The van der Waals surface area contributed by atoms with Crippen LogP contribution in [0.5, 0.6) is 11.5 Å². The molecule has 0 bridgehead atoms. The highest BCUT2D eigenvalue weighted by molar-refractivity contribution is 5.94. The van der Waals surface area contributed by atoms with Crippen molar-refractivity contribution < 1.29 is 23.5 Å². The molecule has 0 fully saturated rings. The molecule has 0 aliphatic carbocycles. The molecule has 1 N–H and O–H groups in total. The van der Waals surface area contributed by atoms with Crippen LogP contribution < -0.4 is 14.8 Å². The van der Waals surface area contributed by atoms with Crippen LogP contribution in [0.4, 0.5) is 10.1 Å². The van der Waals surface area contributed by atoms with Crippen molar-refractivity contribution in [3.05, 3.63) is 53.8 Å². The van der Waals surface area contributed by atoms with Crippen molar-refractivity contribution in [3.8, 4) is 11.5 Å². The molecule has 2 aromatic rings. The number of methoxy groups -OCH3 is 1. The minimum Gasteiger partial charge on any atom is -0.493 e. The van der Waals surface area contributed by atoms with Crippen LogP contribution in [0.15, 0.2) is 47.6 Å². The molecule has 7 heteroatoms. The monoisotopic (exact) mass is 360 g/mol. The summed E-state index contributed by atoms with van der Waals surface area (Å²) in [7, 11) is 1.55. The van der Waals surface area contributed by atoms with Gasteiger partial charge in [-0.25, -0.2) is 4.39 Å². The van der Waals surface area contributed by atoms with Gasteiger partial charge in [-0.05, 0) is 44.2 Å². The van der Waals surface area contributed by atoms with Crippen LogP contribution in [0.3, 0.4) is 0 Å². The largest absolute Gasteiger partial charge is 0.493 e. The second-order valence-corrected chi connectivity index (χ2v) is 5.29. The van der Waals surface area contributed by atoms with E-state index >= 15 is 0 Å². The third-order valence-electron chi connectivity index (χ3n) is 3.41. The van der Waals surface area contributed by atoms with E-state index in [1.165, 1.54) is 25.3 Å². The standard InChI is InChI=1S/C19H21FN2O4/c1-4-25-17-10-9-14(11-18(17)24-3)12-21-26-13(2)19(23)22-16-8-6-5-7-15(16)20/h5-13H,4H2,1-3H3,(H,22,23)/b21-12+. The summed E-state index contributed by atoms with van der Waals surface area (Å²) in [5.74, 6) is 0.182. The van der Waals surface area contributed by atoms with Gasteiger partial charge < -0.3 is 19.6 Å². The summed E-state index contributed by atoms with van der Waals surface area (Å²) in [5.41, 5.74) is 0.806. The first kappa shape index (κ1) is 19.2. The topological polar surface area (TPSA) is 69.2 Å². The predicted molar refractivity (Wildman–Crippen MR) is 97.3 cm³/mol. The van der Waals surface area contributed by atoms with Crippen LogP contribution in [0, 0.1) is 5.82 Å². The lowest BCUT2D eigenvalue weighted by atomic mass is 10.2. The van der Waals surface area contributed by atoms with Crippen molar-refractivity contribution >= 4 is 17.8 Å². The highest BCUT2D eigenvalue weighted by atomic mass is 19.1. The van der Waals surface area contributed by atoms with E-state index in [2.05, 4.69) is 10.5 Å². The zero-order chi connectivity index (χ0) is 18.9. The zero-order valence-corrected chi connectivity index (χ0v) is 14.9. The number of ether oxygens (including phenoxy) is 2. The van der Waals surface area contributed by atoms with Crippen molar-refractivity contribution in [1.82, 2.24) is 0 Å². The number of oxime groups is 1. The average molecular weight is 360 g/mol. The van der Waals surface area contributed by atoms with Crippen molar-refractivity contribution in [3.63, 3.8) is 0 Å². The molecule has 26 heavy (non-hydrogen) atoms. The first-order chi connectivity index (χ1) is 12.5. The second kappa shape index (κ2) is 9.41. The minimum absolute atomic E-state index is 0.0909. The maximum Gasteiger partial charge on any atom is 0.268 e. The molecule has 0 aliphatic rings. The number of hydrogen-bond donors (Lipinski definition) is 1. The van der Waals surface area contributed by atoms with Crippen molar-refractivity contribution in [2.75, 3.05) is 19.0 Å². The molecule has 0 radical (unpaired) electrons. The van der Waals surface area contributed by atoms with Gasteiger partial charge in [0.2, 0.25) is 6.10 Å². The van der Waals surface area contributed by atoms with Gasteiger partial charge in [0.15, 0.2) is 11.5 Å². The molecule has 6 nitrogen and oxygen atoms in total. The van der Waals surface area contributed by atoms with E-state index in [9.17, 15) is 9.18 Å². The molecule has 1 amide bonds. The fourth-order valence-electron chi connectivity index (χ4n) is 2.07. The van der Waals surface area contributed by atoms with Crippen LogP contribution in [0.2, 0.25) is 0 Å². The highest BCUT2D eigenvalue weighted by Crippen LogP contribution is 2.27. The number of carbonyl (C=O) groups is 1. The van der Waals surface area contributed by atoms with Gasteiger partial charge in [0.1, 0.15) is 5.82 Å². The number of para-hydroxylation sites is 1. The summed E-state index contributed by atoms with van der Waals surface area (Å²) in [6, 6.07) is 11.2. The number of halogens is 1. The maximum absolute atomic E-state index is 13.5. The number of carbonyl (C=O) groups excluding carboxylic acids is 1. The fraction of sp³-hybridized carbons (Fsp3) is 0.263. The Labute approximate surface area is 151 Å². The average Bonchev–Trinajstić information content (AvgIpc) is 2.64. The Balaban J connectivity index is 1.94. The molecule has 0 saturated carbocycles. The molecule has 0 aromatic heterocycles. The Hall–Kier alpha value is -3.09. The van der Waals surface area contributed by atoms with E-state index in [4.69, 9.17) is 14.3 Å². The number of nitrogens with zero attached hydrogens (tertiary/aromatic N) is 1. The lowest BCUT2D eigenvalue weighted by Crippen LogP contribution is -2.26. The van der Waals surface area contributed by atoms with Crippen LogP contribution >= 0.6 is 0 Å². The molecule has 1 atom stereocenters. The molecular weight excluding hydrogens is 339 g/mol. The van der Waals surface area contributed by atoms with Gasteiger partial charge in [0, 0.05) is 5.56 Å². The number of nitrogens with one attached hydrogen (secondary N) is 1. The Kier molecular flexibility index (Phi) is 6.96. The summed E-state index contributed by atoms with van der Waals surface area (Å²) in [6.45, 7) is 3.93. The Morgan fingerprint density at radius 2 is 2.04 bits per heavy atom. The summed E-state index contributed by atoms with van der Waals surface area (Å²) in [4.78, 5) is 17.1. The molecular formula is C19H21FN2O4. The highest BCUT2D eigenvalue weighted by Gasteiger charge is 2.15. The number of hydrogen-bond acceptors (Lipinski definition) is 5. The third-order valence-corrected chi connectivity index (χ3v) is 3.41. The number of benzene rings is 2. The molecule has 138 valence electrons. The smallest absolute Gasteiger partial charge is 0.268 e. The van der Waals surface area contributed by atoms with E-state index in [0.717, 1.165) is 0 Å². The molecule has 0 saturated heterocycles. The van der Waals surface area contributed by atoms with E-state index in [1.807, 2.05) is 6.92 Å².